The van der Waals surface area contributed by atoms with Gasteiger partial charge in [0.15, 0.2) is 0 Å². The second-order valence-electron chi connectivity index (χ2n) is 5.79. The molecule has 2 nitrogen and oxygen atoms in total. The van der Waals surface area contributed by atoms with Crippen LogP contribution in [-0.2, 0) is 0 Å². The molecule has 0 spiro atoms. The van der Waals surface area contributed by atoms with Crippen LogP contribution in [0.1, 0.15) is 39.5 Å². The summed E-state index contributed by atoms with van der Waals surface area (Å²) in [5, 5.41) is 20.5. The number of hydrogen-bond acceptors (Lipinski definition) is 2. The van der Waals surface area contributed by atoms with Crippen molar-refractivity contribution in [3.05, 3.63) is 12.7 Å². The van der Waals surface area contributed by atoms with E-state index in [2.05, 4.69) is 20.4 Å². The van der Waals surface area contributed by atoms with E-state index in [0.29, 0.717) is 12.3 Å². The van der Waals surface area contributed by atoms with E-state index < -0.39 is 6.10 Å². The monoisotopic (exact) mass is 210 g/mol. The zero-order valence-corrected chi connectivity index (χ0v) is 9.74. The normalized spacial score (nSPS) is 44.3. The lowest BCUT2D eigenvalue weighted by Gasteiger charge is -2.44. The van der Waals surface area contributed by atoms with Gasteiger partial charge in [-0.15, -0.1) is 6.58 Å². The highest BCUT2D eigenvalue weighted by atomic mass is 16.3. The standard InChI is InChI=1S/C13H22O2/c1-4-5-10(14)13-7-6-9(8-11(13)15)12(13,2)3/h4,9-11,14-15H,1,5-8H2,2-3H3/t9-,10-,11+,13-/m1/s1. The van der Waals surface area contributed by atoms with E-state index in [1.165, 1.54) is 0 Å². The van der Waals surface area contributed by atoms with Crippen molar-refractivity contribution < 1.29 is 10.2 Å². The van der Waals surface area contributed by atoms with Gasteiger partial charge < -0.3 is 10.2 Å². The van der Waals surface area contributed by atoms with Crippen molar-refractivity contribution in [2.45, 2.75) is 51.7 Å². The first-order valence-electron chi connectivity index (χ1n) is 5.94. The summed E-state index contributed by atoms with van der Waals surface area (Å²) >= 11 is 0. The average Bonchev–Trinajstić information content (AvgIpc) is 2.51. The first-order chi connectivity index (χ1) is 6.96. The van der Waals surface area contributed by atoms with Gasteiger partial charge in [0.05, 0.1) is 12.2 Å². The fraction of sp³-hybridized carbons (Fsp3) is 0.846. The highest BCUT2D eigenvalue weighted by Crippen LogP contribution is 2.67. The molecule has 2 aliphatic carbocycles. The predicted molar refractivity (Wildman–Crippen MR) is 60.4 cm³/mol. The van der Waals surface area contributed by atoms with Gasteiger partial charge in [-0.2, -0.15) is 0 Å². The van der Waals surface area contributed by atoms with E-state index in [4.69, 9.17) is 0 Å². The molecule has 0 heterocycles. The van der Waals surface area contributed by atoms with Gasteiger partial charge in [-0.25, -0.2) is 0 Å². The maximum absolute atomic E-state index is 10.3. The molecule has 0 radical (unpaired) electrons. The number of fused-ring (bicyclic) bond motifs is 2. The minimum Gasteiger partial charge on any atom is -0.392 e. The summed E-state index contributed by atoms with van der Waals surface area (Å²) in [4.78, 5) is 0. The quantitative estimate of drug-likeness (QED) is 0.700. The Balaban J connectivity index is 2.34. The van der Waals surface area contributed by atoms with Crippen LogP contribution >= 0.6 is 0 Å². The van der Waals surface area contributed by atoms with E-state index in [0.717, 1.165) is 19.3 Å². The van der Waals surface area contributed by atoms with Crippen LogP contribution in [0.4, 0.5) is 0 Å². The van der Waals surface area contributed by atoms with Gasteiger partial charge in [0, 0.05) is 5.41 Å². The topological polar surface area (TPSA) is 40.5 Å². The highest BCUT2D eigenvalue weighted by molar-refractivity contribution is 5.15. The molecule has 86 valence electrons. The van der Waals surface area contributed by atoms with Crippen molar-refractivity contribution in [1.29, 1.82) is 0 Å². The molecule has 0 aromatic carbocycles. The molecule has 4 atom stereocenters. The minimum atomic E-state index is -0.438. The van der Waals surface area contributed by atoms with E-state index in [9.17, 15) is 10.2 Å². The zero-order chi connectivity index (χ0) is 11.3. The molecular weight excluding hydrogens is 188 g/mol. The third-order valence-electron chi connectivity index (χ3n) is 5.21. The SMILES string of the molecule is C=CC[C@@H](O)[C@]12CC[C@H](C[C@@H]1O)C2(C)C. The number of aliphatic hydroxyl groups is 2. The van der Waals surface area contributed by atoms with Gasteiger partial charge in [0.2, 0.25) is 0 Å². The summed E-state index contributed by atoms with van der Waals surface area (Å²) in [6.45, 7) is 8.09. The Hall–Kier alpha value is -0.340. The second kappa shape index (κ2) is 3.33. The Morgan fingerprint density at radius 3 is 2.60 bits per heavy atom. The third kappa shape index (κ3) is 1.18. The Labute approximate surface area is 92.0 Å². The van der Waals surface area contributed by atoms with Crippen molar-refractivity contribution in [3.8, 4) is 0 Å². The van der Waals surface area contributed by atoms with Crippen molar-refractivity contribution in [3.63, 3.8) is 0 Å². The molecule has 2 fully saturated rings. The molecule has 0 aromatic rings. The van der Waals surface area contributed by atoms with Crippen LogP contribution < -0.4 is 0 Å². The summed E-state index contributed by atoms with van der Waals surface area (Å²) in [6.07, 6.45) is 4.55. The predicted octanol–water partition coefficient (Wildman–Crippen LogP) is 2.11. The molecule has 2 N–H and O–H groups in total. The summed E-state index contributed by atoms with van der Waals surface area (Å²) in [7, 11) is 0. The largest absolute Gasteiger partial charge is 0.392 e. The third-order valence-corrected chi connectivity index (χ3v) is 5.21. The van der Waals surface area contributed by atoms with Crippen molar-refractivity contribution in [2.75, 3.05) is 0 Å². The van der Waals surface area contributed by atoms with E-state index in [1.54, 1.807) is 6.08 Å². The lowest BCUT2D eigenvalue weighted by molar-refractivity contribution is -0.0959. The maximum Gasteiger partial charge on any atom is 0.0660 e. The molecule has 2 aliphatic rings. The smallest absolute Gasteiger partial charge is 0.0660 e. The molecule has 2 heteroatoms. The first kappa shape index (κ1) is 11.2. The van der Waals surface area contributed by atoms with Gasteiger partial charge in [-0.05, 0) is 37.0 Å². The summed E-state index contributed by atoms with van der Waals surface area (Å²) in [6, 6.07) is 0. The number of hydrogen-bond donors (Lipinski definition) is 2. The lowest BCUT2D eigenvalue weighted by atomic mass is 9.64. The van der Waals surface area contributed by atoms with E-state index in [-0.39, 0.29) is 16.9 Å². The van der Waals surface area contributed by atoms with Crippen LogP contribution in [0.25, 0.3) is 0 Å². The van der Waals surface area contributed by atoms with Gasteiger partial charge in [0.25, 0.3) is 0 Å². The zero-order valence-electron chi connectivity index (χ0n) is 9.74. The van der Waals surface area contributed by atoms with Crippen molar-refractivity contribution in [1.82, 2.24) is 0 Å². The average molecular weight is 210 g/mol. The second-order valence-corrected chi connectivity index (χ2v) is 5.79. The summed E-state index contributed by atoms with van der Waals surface area (Å²) in [5.74, 6) is 0.576. The molecule has 0 saturated heterocycles. The molecular formula is C13H22O2. The number of rotatable bonds is 3. The van der Waals surface area contributed by atoms with Crippen LogP contribution in [0.3, 0.4) is 0 Å². The van der Waals surface area contributed by atoms with Gasteiger partial charge >= 0.3 is 0 Å². The Kier molecular flexibility index (Phi) is 2.47. The summed E-state index contributed by atoms with van der Waals surface area (Å²) < 4.78 is 0. The van der Waals surface area contributed by atoms with Crippen LogP contribution in [0.2, 0.25) is 0 Å². The van der Waals surface area contributed by atoms with E-state index >= 15 is 0 Å². The van der Waals surface area contributed by atoms with E-state index in [1.807, 2.05) is 0 Å². The maximum atomic E-state index is 10.3. The van der Waals surface area contributed by atoms with Crippen LogP contribution in [0.5, 0.6) is 0 Å². The number of aliphatic hydroxyl groups excluding tert-OH is 2. The molecule has 0 unspecified atom stereocenters. The van der Waals surface area contributed by atoms with Crippen molar-refractivity contribution >= 4 is 0 Å². The molecule has 0 aliphatic heterocycles. The highest BCUT2D eigenvalue weighted by Gasteiger charge is 2.66. The van der Waals surface area contributed by atoms with Crippen LogP contribution in [-0.4, -0.2) is 22.4 Å². The Morgan fingerprint density at radius 2 is 2.20 bits per heavy atom. The molecule has 0 amide bonds. The molecule has 2 bridgehead atoms. The Bertz CT molecular complexity index is 272. The van der Waals surface area contributed by atoms with Crippen molar-refractivity contribution in [2.24, 2.45) is 16.7 Å². The van der Waals surface area contributed by atoms with Gasteiger partial charge in [-0.1, -0.05) is 19.9 Å². The fourth-order valence-electron chi connectivity index (χ4n) is 4.15. The van der Waals surface area contributed by atoms with Crippen LogP contribution in [0, 0.1) is 16.7 Å². The molecule has 2 rings (SSSR count). The molecule has 2 saturated carbocycles. The van der Waals surface area contributed by atoms with Gasteiger partial charge in [0.1, 0.15) is 0 Å². The first-order valence-corrected chi connectivity index (χ1v) is 5.94. The molecule has 15 heavy (non-hydrogen) atoms. The molecule has 0 aromatic heterocycles. The van der Waals surface area contributed by atoms with Crippen LogP contribution in [0.15, 0.2) is 12.7 Å². The lowest BCUT2D eigenvalue weighted by Crippen LogP contribution is -2.48. The summed E-state index contributed by atoms with van der Waals surface area (Å²) in [5.41, 5.74) is -0.222. The fourth-order valence-corrected chi connectivity index (χ4v) is 4.15. The Morgan fingerprint density at radius 1 is 1.53 bits per heavy atom. The van der Waals surface area contributed by atoms with Gasteiger partial charge in [-0.3, -0.25) is 0 Å². The minimum absolute atomic E-state index is 0.0643.